The summed E-state index contributed by atoms with van der Waals surface area (Å²) in [4.78, 5) is 0.138. The minimum atomic E-state index is -3.61. The number of hydrogen-bond acceptors (Lipinski definition) is 3. The van der Waals surface area contributed by atoms with E-state index in [1.165, 1.54) is 22.5 Å². The highest BCUT2D eigenvalue weighted by Crippen LogP contribution is 2.28. The maximum absolute atomic E-state index is 12.6. The summed E-state index contributed by atoms with van der Waals surface area (Å²) >= 11 is 11.7. The van der Waals surface area contributed by atoms with E-state index in [2.05, 4.69) is 0 Å². The quantitative estimate of drug-likeness (QED) is 0.910. The molecule has 1 heterocycles. The molecule has 0 bridgehead atoms. The van der Waals surface area contributed by atoms with Gasteiger partial charge < -0.3 is 5.73 Å². The van der Waals surface area contributed by atoms with E-state index in [1.807, 2.05) is 0 Å². The van der Waals surface area contributed by atoms with Gasteiger partial charge in [-0.25, -0.2) is 8.42 Å². The van der Waals surface area contributed by atoms with Gasteiger partial charge in [-0.15, -0.1) is 0 Å². The molecule has 106 valence electrons. The molecule has 0 amide bonds. The average Bonchev–Trinajstić information content (AvgIpc) is 2.57. The van der Waals surface area contributed by atoms with Gasteiger partial charge in [0, 0.05) is 6.54 Å². The van der Waals surface area contributed by atoms with Crippen LogP contribution in [0.3, 0.4) is 0 Å². The largest absolute Gasteiger partial charge is 0.315 e. The summed E-state index contributed by atoms with van der Waals surface area (Å²) in [6, 6.07) is 4.32. The fraction of sp³-hybridized carbons (Fsp3) is 0.500. The Morgan fingerprint density at radius 1 is 1.16 bits per heavy atom. The summed E-state index contributed by atoms with van der Waals surface area (Å²) in [6.45, 7) is 0.448. The number of benzene rings is 1. The van der Waals surface area contributed by atoms with E-state index in [0.29, 0.717) is 18.0 Å². The van der Waals surface area contributed by atoms with Gasteiger partial charge in [-0.3, -0.25) is 0 Å². The fourth-order valence-electron chi connectivity index (χ4n) is 2.18. The number of sulfonamides is 1. The van der Waals surface area contributed by atoms with Crippen LogP contribution >= 0.6 is 23.2 Å². The van der Waals surface area contributed by atoms with E-state index < -0.39 is 16.2 Å². The molecular formula is C12H16Cl2N2O2S. The highest BCUT2D eigenvalue weighted by atomic mass is 35.5. The van der Waals surface area contributed by atoms with Gasteiger partial charge in [-0.05, 0) is 31.0 Å². The monoisotopic (exact) mass is 322 g/mol. The predicted molar refractivity (Wildman–Crippen MR) is 76.8 cm³/mol. The molecule has 1 saturated heterocycles. The van der Waals surface area contributed by atoms with Crippen LogP contribution < -0.4 is 5.73 Å². The van der Waals surface area contributed by atoms with Gasteiger partial charge >= 0.3 is 0 Å². The molecule has 0 aromatic heterocycles. The molecule has 0 spiro atoms. The first-order chi connectivity index (χ1) is 8.93. The van der Waals surface area contributed by atoms with Crippen molar-refractivity contribution in [2.75, 3.05) is 6.54 Å². The minimum Gasteiger partial charge on any atom is -0.315 e. The molecule has 1 atom stereocenters. The standard InChI is InChI=1S/C12H16Cl2N2O2S/c13-10-6-5-9(8-11(10)14)19(17,18)16-7-3-1-2-4-12(16)15/h5-6,8,12H,1-4,7,15H2. The Labute approximate surface area is 123 Å². The Bertz CT molecular complexity index is 563. The van der Waals surface area contributed by atoms with Crippen LogP contribution in [-0.4, -0.2) is 25.4 Å². The molecule has 2 N–H and O–H groups in total. The molecule has 0 aliphatic carbocycles. The summed E-state index contributed by atoms with van der Waals surface area (Å²) in [6.07, 6.45) is 2.99. The third-order valence-corrected chi connectivity index (χ3v) is 5.91. The number of halogens is 2. The second kappa shape index (κ2) is 5.97. The molecule has 4 nitrogen and oxygen atoms in total. The van der Waals surface area contributed by atoms with Gasteiger partial charge in [0.2, 0.25) is 10.0 Å². The third kappa shape index (κ3) is 3.23. The topological polar surface area (TPSA) is 63.4 Å². The summed E-state index contributed by atoms with van der Waals surface area (Å²) in [5.41, 5.74) is 5.96. The number of nitrogens with two attached hydrogens (primary N) is 1. The fourth-order valence-corrected chi connectivity index (χ4v) is 4.15. The van der Waals surface area contributed by atoms with Crippen molar-refractivity contribution >= 4 is 33.2 Å². The molecule has 1 unspecified atom stereocenters. The molecule has 1 aliphatic heterocycles. The van der Waals surface area contributed by atoms with Crippen LogP contribution in [0.5, 0.6) is 0 Å². The van der Waals surface area contributed by atoms with Crippen LogP contribution in [0.1, 0.15) is 25.7 Å². The zero-order valence-corrected chi connectivity index (χ0v) is 12.7. The van der Waals surface area contributed by atoms with Gasteiger partial charge in [0.25, 0.3) is 0 Å². The summed E-state index contributed by atoms with van der Waals surface area (Å²) in [5, 5.41) is 0.562. The molecule has 1 fully saturated rings. The van der Waals surface area contributed by atoms with Gasteiger partial charge in [0.05, 0.1) is 21.1 Å². The van der Waals surface area contributed by atoms with E-state index in [-0.39, 0.29) is 9.92 Å². The Morgan fingerprint density at radius 2 is 1.89 bits per heavy atom. The Morgan fingerprint density at radius 3 is 2.58 bits per heavy atom. The lowest BCUT2D eigenvalue weighted by Gasteiger charge is -2.26. The van der Waals surface area contributed by atoms with Crippen molar-refractivity contribution in [1.29, 1.82) is 0 Å². The number of rotatable bonds is 2. The summed E-state index contributed by atoms with van der Waals surface area (Å²) < 4.78 is 26.5. The van der Waals surface area contributed by atoms with Crippen LogP contribution in [0.25, 0.3) is 0 Å². The zero-order chi connectivity index (χ0) is 14.0. The van der Waals surface area contributed by atoms with E-state index in [0.717, 1.165) is 19.3 Å². The lowest BCUT2D eigenvalue weighted by molar-refractivity contribution is 0.329. The molecule has 7 heteroatoms. The van der Waals surface area contributed by atoms with Crippen molar-refractivity contribution < 1.29 is 8.42 Å². The van der Waals surface area contributed by atoms with Crippen LogP contribution in [0.2, 0.25) is 10.0 Å². The van der Waals surface area contributed by atoms with Crippen molar-refractivity contribution in [2.45, 2.75) is 36.7 Å². The zero-order valence-electron chi connectivity index (χ0n) is 10.4. The minimum absolute atomic E-state index is 0.138. The maximum Gasteiger partial charge on any atom is 0.244 e. The Kier molecular flexibility index (Phi) is 4.74. The Balaban J connectivity index is 2.37. The summed E-state index contributed by atoms with van der Waals surface area (Å²) in [7, 11) is -3.61. The predicted octanol–water partition coefficient (Wildman–Crippen LogP) is 2.84. The molecular weight excluding hydrogens is 307 g/mol. The van der Waals surface area contributed by atoms with Crippen molar-refractivity contribution in [1.82, 2.24) is 4.31 Å². The number of hydrogen-bond donors (Lipinski definition) is 1. The van der Waals surface area contributed by atoms with Crippen LogP contribution in [0, 0.1) is 0 Å². The van der Waals surface area contributed by atoms with Crippen LogP contribution in [0.4, 0.5) is 0 Å². The molecule has 0 saturated carbocycles. The first kappa shape index (κ1) is 15.1. The first-order valence-corrected chi connectivity index (χ1v) is 8.35. The van der Waals surface area contributed by atoms with Crippen LogP contribution in [0.15, 0.2) is 23.1 Å². The van der Waals surface area contributed by atoms with Gasteiger partial charge in [-0.2, -0.15) is 4.31 Å². The second-order valence-corrected chi connectivity index (χ2v) is 7.31. The van der Waals surface area contributed by atoms with Gasteiger partial charge in [0.15, 0.2) is 0 Å². The highest BCUT2D eigenvalue weighted by Gasteiger charge is 2.30. The maximum atomic E-state index is 12.6. The third-order valence-electron chi connectivity index (χ3n) is 3.25. The lowest BCUT2D eigenvalue weighted by atomic mass is 10.2. The Hall–Kier alpha value is -0.330. The molecule has 2 rings (SSSR count). The van der Waals surface area contributed by atoms with Gasteiger partial charge in [-0.1, -0.05) is 36.0 Å². The van der Waals surface area contributed by atoms with Crippen molar-refractivity contribution in [2.24, 2.45) is 5.73 Å². The second-order valence-electron chi connectivity index (χ2n) is 4.61. The molecule has 1 aliphatic rings. The highest BCUT2D eigenvalue weighted by molar-refractivity contribution is 7.89. The van der Waals surface area contributed by atoms with Gasteiger partial charge in [0.1, 0.15) is 0 Å². The van der Waals surface area contributed by atoms with E-state index in [9.17, 15) is 8.42 Å². The molecule has 1 aromatic carbocycles. The average molecular weight is 323 g/mol. The van der Waals surface area contributed by atoms with Crippen molar-refractivity contribution in [3.05, 3.63) is 28.2 Å². The molecule has 0 radical (unpaired) electrons. The summed E-state index contributed by atoms with van der Waals surface area (Å²) in [5.74, 6) is 0. The molecule has 1 aromatic rings. The van der Waals surface area contributed by atoms with Crippen molar-refractivity contribution in [3.63, 3.8) is 0 Å². The van der Waals surface area contributed by atoms with E-state index in [1.54, 1.807) is 0 Å². The normalized spacial score (nSPS) is 22.2. The lowest BCUT2D eigenvalue weighted by Crippen LogP contribution is -2.45. The number of nitrogens with zero attached hydrogens (tertiary/aromatic N) is 1. The molecule has 19 heavy (non-hydrogen) atoms. The van der Waals surface area contributed by atoms with E-state index >= 15 is 0 Å². The first-order valence-electron chi connectivity index (χ1n) is 6.15. The smallest absolute Gasteiger partial charge is 0.244 e. The SMILES string of the molecule is NC1CCCCCN1S(=O)(=O)c1ccc(Cl)c(Cl)c1. The van der Waals surface area contributed by atoms with Crippen molar-refractivity contribution in [3.8, 4) is 0 Å². The van der Waals surface area contributed by atoms with Crippen LogP contribution in [-0.2, 0) is 10.0 Å². The van der Waals surface area contributed by atoms with E-state index in [4.69, 9.17) is 28.9 Å².